The van der Waals surface area contributed by atoms with Crippen molar-refractivity contribution in [2.45, 2.75) is 19.2 Å². The predicted octanol–water partition coefficient (Wildman–Crippen LogP) is 2.26. The number of nitrogens with one attached hydrogen (secondary N) is 1. The molecular formula is C11H12F3NO2. The highest BCUT2D eigenvalue weighted by Crippen LogP contribution is 2.26. The van der Waals surface area contributed by atoms with E-state index in [4.69, 9.17) is 0 Å². The summed E-state index contributed by atoms with van der Waals surface area (Å²) in [5.41, 5.74) is 0.355. The van der Waals surface area contributed by atoms with Gasteiger partial charge in [0.15, 0.2) is 0 Å². The number of rotatable bonds is 4. The van der Waals surface area contributed by atoms with Crippen LogP contribution in [0.25, 0.3) is 0 Å². The Labute approximate surface area is 96.6 Å². The molecule has 0 aromatic heterocycles. The second kappa shape index (κ2) is 5.56. The smallest absolute Gasteiger partial charge is 0.406 e. The average Bonchev–Trinajstić information content (AvgIpc) is 2.25. The van der Waals surface area contributed by atoms with Crippen LogP contribution in [0.3, 0.4) is 0 Å². The zero-order valence-electron chi connectivity index (χ0n) is 9.17. The lowest BCUT2D eigenvalue weighted by Crippen LogP contribution is -2.20. The topological polar surface area (TPSA) is 38.3 Å². The third-order valence-corrected chi connectivity index (χ3v) is 2.10. The number of aryl methyl sites for hydroxylation is 1. The summed E-state index contributed by atoms with van der Waals surface area (Å²) in [6, 6.07) is 5.78. The van der Waals surface area contributed by atoms with Crippen LogP contribution in [-0.4, -0.2) is 19.3 Å². The van der Waals surface area contributed by atoms with Crippen LogP contribution in [0.1, 0.15) is 12.0 Å². The fraction of sp³-hybridized carbons (Fsp3) is 0.364. The highest BCUT2D eigenvalue weighted by Gasteiger charge is 2.31. The highest BCUT2D eigenvalue weighted by molar-refractivity contribution is 5.75. The third-order valence-electron chi connectivity index (χ3n) is 2.10. The Kier molecular flexibility index (Phi) is 4.37. The van der Waals surface area contributed by atoms with E-state index in [1.54, 1.807) is 6.07 Å². The molecular weight excluding hydrogens is 235 g/mol. The Morgan fingerprint density at radius 2 is 2.00 bits per heavy atom. The van der Waals surface area contributed by atoms with Gasteiger partial charge in [-0.3, -0.25) is 4.79 Å². The summed E-state index contributed by atoms with van der Waals surface area (Å²) in [5, 5.41) is 2.40. The Balaban J connectivity index is 2.74. The van der Waals surface area contributed by atoms with Gasteiger partial charge in [0, 0.05) is 13.5 Å². The van der Waals surface area contributed by atoms with E-state index in [-0.39, 0.29) is 24.5 Å². The number of carbonyl (C=O) groups is 1. The van der Waals surface area contributed by atoms with Crippen LogP contribution in [0, 0.1) is 0 Å². The molecule has 1 aromatic carbocycles. The van der Waals surface area contributed by atoms with Crippen LogP contribution in [0.4, 0.5) is 13.2 Å². The van der Waals surface area contributed by atoms with Gasteiger partial charge in [-0.2, -0.15) is 0 Å². The zero-order chi connectivity index (χ0) is 12.9. The molecule has 0 unspecified atom stereocenters. The first-order chi connectivity index (χ1) is 7.92. The van der Waals surface area contributed by atoms with E-state index in [1.807, 2.05) is 0 Å². The number of benzene rings is 1. The number of carbonyl (C=O) groups excluding carboxylic acids is 1. The summed E-state index contributed by atoms with van der Waals surface area (Å²) < 4.78 is 40.1. The normalized spacial score (nSPS) is 11.1. The van der Waals surface area contributed by atoms with E-state index in [9.17, 15) is 18.0 Å². The molecule has 0 aliphatic rings. The van der Waals surface area contributed by atoms with E-state index < -0.39 is 6.36 Å². The van der Waals surface area contributed by atoms with Gasteiger partial charge in [0.1, 0.15) is 5.75 Å². The van der Waals surface area contributed by atoms with Crippen molar-refractivity contribution in [2.75, 3.05) is 7.05 Å². The summed E-state index contributed by atoms with van der Waals surface area (Å²) in [6.07, 6.45) is -4.40. The minimum Gasteiger partial charge on any atom is -0.406 e. The van der Waals surface area contributed by atoms with Crippen molar-refractivity contribution in [3.05, 3.63) is 29.8 Å². The van der Waals surface area contributed by atoms with Gasteiger partial charge in [-0.15, -0.1) is 13.2 Å². The number of alkyl halides is 3. The fourth-order valence-corrected chi connectivity index (χ4v) is 1.31. The summed E-state index contributed by atoms with van der Waals surface area (Å²) >= 11 is 0. The molecule has 0 aliphatic heterocycles. The van der Waals surface area contributed by atoms with Gasteiger partial charge in [-0.25, -0.2) is 0 Å². The number of ether oxygens (including phenoxy) is 1. The van der Waals surface area contributed by atoms with Crippen LogP contribution in [0.5, 0.6) is 5.75 Å². The van der Waals surface area contributed by atoms with Gasteiger partial charge < -0.3 is 10.1 Å². The monoisotopic (exact) mass is 247 g/mol. The molecule has 3 nitrogen and oxygen atoms in total. The maximum absolute atomic E-state index is 12.1. The molecule has 0 fully saturated rings. The number of halogens is 3. The molecule has 1 amide bonds. The van der Waals surface area contributed by atoms with Crippen LogP contribution in [0.15, 0.2) is 24.3 Å². The first-order valence-corrected chi connectivity index (χ1v) is 4.96. The predicted molar refractivity (Wildman–Crippen MR) is 55.5 cm³/mol. The molecule has 0 saturated heterocycles. The standard InChI is InChI=1S/C11H12F3NO2/c1-15-10(16)7-6-8-4-2-3-5-9(8)17-11(12,13)14/h2-5H,6-7H2,1H3,(H,15,16). The Hall–Kier alpha value is -1.72. The lowest BCUT2D eigenvalue weighted by atomic mass is 10.1. The second-order valence-electron chi connectivity index (χ2n) is 3.33. The molecule has 6 heteroatoms. The van der Waals surface area contributed by atoms with Gasteiger partial charge in [0.25, 0.3) is 0 Å². The van der Waals surface area contributed by atoms with Gasteiger partial charge in [0.05, 0.1) is 0 Å². The van der Waals surface area contributed by atoms with Crippen LogP contribution < -0.4 is 10.1 Å². The van der Waals surface area contributed by atoms with Crippen molar-refractivity contribution < 1.29 is 22.7 Å². The molecule has 0 saturated carbocycles. The van der Waals surface area contributed by atoms with Crippen LogP contribution in [-0.2, 0) is 11.2 Å². The number of hydrogen-bond donors (Lipinski definition) is 1. The van der Waals surface area contributed by atoms with Gasteiger partial charge in [0.2, 0.25) is 5.91 Å². The minimum absolute atomic E-state index is 0.120. The zero-order valence-corrected chi connectivity index (χ0v) is 9.17. The second-order valence-corrected chi connectivity index (χ2v) is 3.33. The van der Waals surface area contributed by atoms with Gasteiger partial charge in [-0.05, 0) is 18.1 Å². The first kappa shape index (κ1) is 13.3. The third kappa shape index (κ3) is 4.76. The molecule has 1 aromatic rings. The molecule has 1 N–H and O–H groups in total. The molecule has 0 spiro atoms. The Morgan fingerprint density at radius 3 is 2.59 bits per heavy atom. The SMILES string of the molecule is CNC(=O)CCc1ccccc1OC(F)(F)F. The maximum atomic E-state index is 12.1. The molecule has 94 valence electrons. The number of hydrogen-bond acceptors (Lipinski definition) is 2. The van der Waals surface area contributed by atoms with Crippen molar-refractivity contribution in [3.8, 4) is 5.75 Å². The van der Waals surface area contributed by atoms with Gasteiger partial charge >= 0.3 is 6.36 Å². The number of para-hydroxylation sites is 1. The molecule has 17 heavy (non-hydrogen) atoms. The quantitative estimate of drug-likeness (QED) is 0.886. The van der Waals surface area contributed by atoms with Crippen LogP contribution >= 0.6 is 0 Å². The summed E-state index contributed by atoms with van der Waals surface area (Å²) in [4.78, 5) is 11.0. The van der Waals surface area contributed by atoms with E-state index in [0.717, 1.165) is 0 Å². The van der Waals surface area contributed by atoms with E-state index in [1.165, 1.54) is 25.2 Å². The molecule has 0 radical (unpaired) electrons. The first-order valence-electron chi connectivity index (χ1n) is 4.96. The number of amides is 1. The minimum atomic E-state index is -4.72. The van der Waals surface area contributed by atoms with E-state index in [0.29, 0.717) is 5.56 Å². The van der Waals surface area contributed by atoms with E-state index >= 15 is 0 Å². The largest absolute Gasteiger partial charge is 0.573 e. The van der Waals surface area contributed by atoms with E-state index in [2.05, 4.69) is 10.1 Å². The average molecular weight is 247 g/mol. The van der Waals surface area contributed by atoms with Crippen molar-refractivity contribution in [2.24, 2.45) is 0 Å². The highest BCUT2D eigenvalue weighted by atomic mass is 19.4. The van der Waals surface area contributed by atoms with Crippen molar-refractivity contribution in [1.82, 2.24) is 5.32 Å². The van der Waals surface area contributed by atoms with Crippen molar-refractivity contribution in [1.29, 1.82) is 0 Å². The Morgan fingerprint density at radius 1 is 1.35 bits per heavy atom. The lowest BCUT2D eigenvalue weighted by Gasteiger charge is -2.12. The van der Waals surface area contributed by atoms with Crippen LogP contribution in [0.2, 0.25) is 0 Å². The lowest BCUT2D eigenvalue weighted by molar-refractivity contribution is -0.274. The van der Waals surface area contributed by atoms with Crippen molar-refractivity contribution in [3.63, 3.8) is 0 Å². The maximum Gasteiger partial charge on any atom is 0.573 e. The molecule has 1 rings (SSSR count). The Bertz CT molecular complexity index is 391. The van der Waals surface area contributed by atoms with Crippen molar-refractivity contribution >= 4 is 5.91 Å². The molecule has 0 atom stereocenters. The molecule has 0 bridgehead atoms. The fourth-order valence-electron chi connectivity index (χ4n) is 1.31. The molecule has 0 aliphatic carbocycles. The summed E-state index contributed by atoms with van der Waals surface area (Å²) in [6.45, 7) is 0. The molecule has 0 heterocycles. The summed E-state index contributed by atoms with van der Waals surface area (Å²) in [7, 11) is 1.47. The van der Waals surface area contributed by atoms with Gasteiger partial charge in [-0.1, -0.05) is 18.2 Å². The summed E-state index contributed by atoms with van der Waals surface area (Å²) in [5.74, 6) is -0.490.